The zero-order valence-corrected chi connectivity index (χ0v) is 11.3. The van der Waals surface area contributed by atoms with Crippen molar-refractivity contribution in [3.63, 3.8) is 0 Å². The lowest BCUT2D eigenvalue weighted by Crippen LogP contribution is -2.12. The van der Waals surface area contributed by atoms with Crippen LogP contribution in [0.3, 0.4) is 0 Å². The third-order valence-electron chi connectivity index (χ3n) is 2.73. The predicted molar refractivity (Wildman–Crippen MR) is 71.6 cm³/mol. The molecule has 2 N–H and O–H groups in total. The SMILES string of the molecule is CCOC(=O)c1cnc(Cc2ccc(F)cc2F)nc1N. The lowest BCUT2D eigenvalue weighted by atomic mass is 10.1. The Labute approximate surface area is 119 Å². The van der Waals surface area contributed by atoms with Gasteiger partial charge in [0, 0.05) is 18.7 Å². The molecule has 0 spiro atoms. The van der Waals surface area contributed by atoms with Crippen LogP contribution in [0.25, 0.3) is 0 Å². The second-order valence-corrected chi connectivity index (χ2v) is 4.22. The fourth-order valence-electron chi connectivity index (χ4n) is 1.72. The van der Waals surface area contributed by atoms with Gasteiger partial charge in [-0.05, 0) is 18.6 Å². The zero-order valence-electron chi connectivity index (χ0n) is 11.3. The highest BCUT2D eigenvalue weighted by Crippen LogP contribution is 2.15. The van der Waals surface area contributed by atoms with Gasteiger partial charge in [0.1, 0.15) is 28.8 Å². The number of anilines is 1. The molecule has 2 rings (SSSR count). The molecule has 0 fully saturated rings. The molecule has 0 saturated heterocycles. The number of ether oxygens (including phenoxy) is 1. The number of benzene rings is 1. The average Bonchev–Trinajstić information content (AvgIpc) is 2.42. The molecule has 0 atom stereocenters. The van der Waals surface area contributed by atoms with Crippen molar-refractivity contribution in [3.05, 3.63) is 53.0 Å². The average molecular weight is 293 g/mol. The van der Waals surface area contributed by atoms with Gasteiger partial charge in [-0.3, -0.25) is 0 Å². The number of carbonyl (C=O) groups excluding carboxylic acids is 1. The monoisotopic (exact) mass is 293 g/mol. The molecule has 1 heterocycles. The Morgan fingerprint density at radius 1 is 1.38 bits per heavy atom. The van der Waals surface area contributed by atoms with E-state index >= 15 is 0 Å². The Morgan fingerprint density at radius 3 is 2.76 bits per heavy atom. The minimum absolute atomic E-state index is 0.0408. The van der Waals surface area contributed by atoms with Crippen LogP contribution in [0.4, 0.5) is 14.6 Å². The van der Waals surface area contributed by atoms with Crippen LogP contribution in [-0.4, -0.2) is 22.5 Å². The van der Waals surface area contributed by atoms with Crippen LogP contribution in [0.15, 0.2) is 24.4 Å². The number of rotatable bonds is 4. The summed E-state index contributed by atoms with van der Waals surface area (Å²) in [7, 11) is 0. The van der Waals surface area contributed by atoms with E-state index in [0.29, 0.717) is 0 Å². The molecule has 110 valence electrons. The topological polar surface area (TPSA) is 78.1 Å². The van der Waals surface area contributed by atoms with Gasteiger partial charge in [0.15, 0.2) is 0 Å². The van der Waals surface area contributed by atoms with Crippen LogP contribution < -0.4 is 5.73 Å². The molecule has 0 amide bonds. The quantitative estimate of drug-likeness (QED) is 0.873. The van der Waals surface area contributed by atoms with Crippen LogP contribution in [0.5, 0.6) is 0 Å². The summed E-state index contributed by atoms with van der Waals surface area (Å²) in [5.41, 5.74) is 5.95. The number of nitrogen functional groups attached to an aromatic ring is 1. The molecule has 0 saturated carbocycles. The molecule has 2 aromatic rings. The van der Waals surface area contributed by atoms with E-state index in [1.807, 2.05) is 0 Å². The molecule has 0 aliphatic rings. The van der Waals surface area contributed by atoms with Crippen LogP contribution >= 0.6 is 0 Å². The summed E-state index contributed by atoms with van der Waals surface area (Å²) >= 11 is 0. The molecule has 0 unspecified atom stereocenters. The Balaban J connectivity index is 2.22. The maximum atomic E-state index is 13.5. The van der Waals surface area contributed by atoms with Crippen molar-refractivity contribution in [2.45, 2.75) is 13.3 Å². The van der Waals surface area contributed by atoms with Gasteiger partial charge in [0.25, 0.3) is 0 Å². The summed E-state index contributed by atoms with van der Waals surface area (Å²) in [6.45, 7) is 1.88. The first-order valence-electron chi connectivity index (χ1n) is 6.23. The molecule has 0 aliphatic carbocycles. The molecule has 1 aromatic carbocycles. The Bertz CT molecular complexity index is 677. The van der Waals surface area contributed by atoms with Crippen molar-refractivity contribution in [2.24, 2.45) is 0 Å². The van der Waals surface area contributed by atoms with Gasteiger partial charge in [-0.1, -0.05) is 6.07 Å². The van der Waals surface area contributed by atoms with Gasteiger partial charge in [0.05, 0.1) is 6.61 Å². The molecule has 0 bridgehead atoms. The van der Waals surface area contributed by atoms with Gasteiger partial charge in [-0.15, -0.1) is 0 Å². The van der Waals surface area contributed by atoms with E-state index in [1.165, 1.54) is 12.3 Å². The standard InChI is InChI=1S/C14H13F2N3O2/c1-2-21-14(20)10-7-18-12(19-13(10)17)5-8-3-4-9(15)6-11(8)16/h3-4,6-7H,2,5H2,1H3,(H2,17,18,19). The minimum Gasteiger partial charge on any atom is -0.462 e. The molecular weight excluding hydrogens is 280 g/mol. The van der Waals surface area contributed by atoms with E-state index in [0.717, 1.165) is 12.1 Å². The van der Waals surface area contributed by atoms with Crippen molar-refractivity contribution in [1.29, 1.82) is 0 Å². The third kappa shape index (κ3) is 3.50. The van der Waals surface area contributed by atoms with Gasteiger partial charge in [0.2, 0.25) is 0 Å². The Morgan fingerprint density at radius 2 is 2.14 bits per heavy atom. The van der Waals surface area contributed by atoms with Gasteiger partial charge < -0.3 is 10.5 Å². The lowest BCUT2D eigenvalue weighted by molar-refractivity contribution is 0.0526. The van der Waals surface area contributed by atoms with Gasteiger partial charge >= 0.3 is 5.97 Å². The van der Waals surface area contributed by atoms with Crippen molar-refractivity contribution in [3.8, 4) is 0 Å². The second-order valence-electron chi connectivity index (χ2n) is 4.22. The summed E-state index contributed by atoms with van der Waals surface area (Å²) in [5.74, 6) is -1.78. The summed E-state index contributed by atoms with van der Waals surface area (Å²) in [4.78, 5) is 19.4. The minimum atomic E-state index is -0.688. The number of halogens is 2. The molecule has 0 aliphatic heterocycles. The number of aromatic nitrogens is 2. The first kappa shape index (κ1) is 14.8. The number of nitrogens with zero attached hydrogens (tertiary/aromatic N) is 2. The van der Waals surface area contributed by atoms with Crippen LogP contribution in [0, 0.1) is 11.6 Å². The first-order chi connectivity index (χ1) is 10.0. The number of hydrogen-bond acceptors (Lipinski definition) is 5. The lowest BCUT2D eigenvalue weighted by Gasteiger charge is -2.07. The van der Waals surface area contributed by atoms with Gasteiger partial charge in [-0.2, -0.15) is 0 Å². The van der Waals surface area contributed by atoms with Gasteiger partial charge in [-0.25, -0.2) is 23.5 Å². The van der Waals surface area contributed by atoms with E-state index < -0.39 is 17.6 Å². The van der Waals surface area contributed by atoms with E-state index in [-0.39, 0.29) is 35.8 Å². The third-order valence-corrected chi connectivity index (χ3v) is 2.73. The van der Waals surface area contributed by atoms with E-state index in [4.69, 9.17) is 10.5 Å². The largest absolute Gasteiger partial charge is 0.462 e. The van der Waals surface area contributed by atoms with E-state index in [9.17, 15) is 13.6 Å². The molecule has 1 aromatic heterocycles. The number of esters is 1. The fraction of sp³-hybridized carbons (Fsp3) is 0.214. The highest BCUT2D eigenvalue weighted by molar-refractivity contribution is 5.93. The summed E-state index contributed by atoms with van der Waals surface area (Å²) in [6, 6.07) is 3.24. The first-order valence-corrected chi connectivity index (χ1v) is 6.23. The van der Waals surface area contributed by atoms with Crippen LogP contribution in [0.1, 0.15) is 28.7 Å². The normalized spacial score (nSPS) is 10.4. The van der Waals surface area contributed by atoms with E-state index in [1.54, 1.807) is 6.92 Å². The molecule has 0 radical (unpaired) electrons. The second kappa shape index (κ2) is 6.25. The van der Waals surface area contributed by atoms with Crippen molar-refractivity contribution in [2.75, 3.05) is 12.3 Å². The summed E-state index contributed by atoms with van der Waals surface area (Å²) < 4.78 is 31.2. The van der Waals surface area contributed by atoms with E-state index in [2.05, 4.69) is 9.97 Å². The Hall–Kier alpha value is -2.57. The molecule has 21 heavy (non-hydrogen) atoms. The molecule has 5 nitrogen and oxygen atoms in total. The maximum absolute atomic E-state index is 13.5. The maximum Gasteiger partial charge on any atom is 0.343 e. The highest BCUT2D eigenvalue weighted by Gasteiger charge is 2.14. The summed E-state index contributed by atoms with van der Waals surface area (Å²) in [6.07, 6.45) is 1.27. The zero-order chi connectivity index (χ0) is 15.4. The van der Waals surface area contributed by atoms with Crippen molar-refractivity contribution in [1.82, 2.24) is 9.97 Å². The highest BCUT2D eigenvalue weighted by atomic mass is 19.1. The summed E-state index contributed by atoms with van der Waals surface area (Å²) in [5, 5.41) is 0. The van der Waals surface area contributed by atoms with Crippen molar-refractivity contribution < 1.29 is 18.3 Å². The van der Waals surface area contributed by atoms with Crippen LogP contribution in [0.2, 0.25) is 0 Å². The van der Waals surface area contributed by atoms with Crippen LogP contribution in [-0.2, 0) is 11.2 Å². The molecule has 7 heteroatoms. The number of carbonyl (C=O) groups is 1. The Kier molecular flexibility index (Phi) is 4.42. The van der Waals surface area contributed by atoms with Crippen molar-refractivity contribution >= 4 is 11.8 Å². The molecular formula is C14H13F2N3O2. The number of nitrogens with two attached hydrogens (primary N) is 1. The smallest absolute Gasteiger partial charge is 0.343 e. The number of hydrogen-bond donors (Lipinski definition) is 1. The fourth-order valence-corrected chi connectivity index (χ4v) is 1.72. The predicted octanol–water partition coefficient (Wildman–Crippen LogP) is 2.10.